The molecule has 6 rings (SSSR count). The molecule has 32 heavy (non-hydrogen) atoms. The summed E-state index contributed by atoms with van der Waals surface area (Å²) in [6.45, 7) is 5.33. The van der Waals surface area contributed by atoms with Crippen molar-refractivity contribution in [3.8, 4) is 11.3 Å². The molecular formula is C25H31N7. The molecule has 2 fully saturated rings. The number of fused-ring (bicyclic) bond motifs is 2. The SMILES string of the molecule is CN1CCC(Cn2ncc3c(-c4ccc5cc[nH]c5c4)nc(N4CCCCC4)nc32)CC1. The van der Waals surface area contributed by atoms with Crippen molar-refractivity contribution in [3.63, 3.8) is 0 Å². The van der Waals surface area contributed by atoms with Gasteiger partial charge < -0.3 is 14.8 Å². The van der Waals surface area contributed by atoms with Gasteiger partial charge in [0.25, 0.3) is 0 Å². The third-order valence-electron chi connectivity index (χ3n) is 7.22. The van der Waals surface area contributed by atoms with E-state index in [-0.39, 0.29) is 0 Å². The zero-order valence-corrected chi connectivity index (χ0v) is 18.8. The average molecular weight is 430 g/mol. The van der Waals surface area contributed by atoms with Gasteiger partial charge in [-0.25, -0.2) is 9.67 Å². The van der Waals surface area contributed by atoms with Gasteiger partial charge in [0.1, 0.15) is 0 Å². The number of hydrogen-bond acceptors (Lipinski definition) is 5. The molecule has 1 N–H and O–H groups in total. The van der Waals surface area contributed by atoms with Crippen molar-refractivity contribution in [2.45, 2.75) is 38.6 Å². The van der Waals surface area contributed by atoms with Crippen LogP contribution in [0.3, 0.4) is 0 Å². The van der Waals surface area contributed by atoms with Crippen LogP contribution in [0.5, 0.6) is 0 Å². The number of aromatic nitrogens is 5. The minimum absolute atomic E-state index is 0.654. The number of nitrogens with zero attached hydrogens (tertiary/aromatic N) is 6. The summed E-state index contributed by atoms with van der Waals surface area (Å²) in [7, 11) is 2.21. The largest absolute Gasteiger partial charge is 0.361 e. The van der Waals surface area contributed by atoms with E-state index in [9.17, 15) is 0 Å². The number of rotatable bonds is 4. The molecule has 166 valence electrons. The van der Waals surface area contributed by atoms with Crippen LogP contribution in [0.1, 0.15) is 32.1 Å². The summed E-state index contributed by atoms with van der Waals surface area (Å²) in [6, 6.07) is 8.64. The van der Waals surface area contributed by atoms with E-state index in [1.54, 1.807) is 0 Å². The predicted molar refractivity (Wildman–Crippen MR) is 129 cm³/mol. The fraction of sp³-hybridized carbons (Fsp3) is 0.480. The predicted octanol–water partition coefficient (Wildman–Crippen LogP) is 4.31. The molecule has 0 spiro atoms. The van der Waals surface area contributed by atoms with E-state index in [1.165, 1.54) is 50.6 Å². The summed E-state index contributed by atoms with van der Waals surface area (Å²) in [5.41, 5.74) is 4.21. The lowest BCUT2D eigenvalue weighted by Crippen LogP contribution is -2.32. The number of nitrogens with one attached hydrogen (secondary N) is 1. The van der Waals surface area contributed by atoms with Crippen molar-refractivity contribution in [1.82, 2.24) is 29.6 Å². The highest BCUT2D eigenvalue weighted by Crippen LogP contribution is 2.31. The van der Waals surface area contributed by atoms with E-state index < -0.39 is 0 Å². The van der Waals surface area contributed by atoms with Crippen LogP contribution in [0.15, 0.2) is 36.7 Å². The Hall–Kier alpha value is -2.93. The van der Waals surface area contributed by atoms with Gasteiger partial charge in [0, 0.05) is 36.9 Å². The van der Waals surface area contributed by atoms with Crippen molar-refractivity contribution in [2.24, 2.45) is 5.92 Å². The maximum Gasteiger partial charge on any atom is 0.227 e. The van der Waals surface area contributed by atoms with Crippen molar-refractivity contribution in [2.75, 3.05) is 38.1 Å². The second-order valence-electron chi connectivity index (χ2n) is 9.51. The first-order chi connectivity index (χ1) is 15.7. The van der Waals surface area contributed by atoms with E-state index in [0.717, 1.165) is 53.4 Å². The van der Waals surface area contributed by atoms with Crippen LogP contribution < -0.4 is 4.90 Å². The lowest BCUT2D eigenvalue weighted by Gasteiger charge is -2.29. The molecule has 2 aliphatic heterocycles. The molecule has 2 aliphatic rings. The molecule has 2 saturated heterocycles. The molecule has 3 aromatic heterocycles. The topological polar surface area (TPSA) is 65.9 Å². The quantitative estimate of drug-likeness (QED) is 0.524. The van der Waals surface area contributed by atoms with Gasteiger partial charge in [-0.05, 0) is 75.7 Å². The van der Waals surface area contributed by atoms with Crippen molar-refractivity contribution < 1.29 is 0 Å². The highest BCUT2D eigenvalue weighted by atomic mass is 15.3. The van der Waals surface area contributed by atoms with Crippen LogP contribution in [0.4, 0.5) is 5.95 Å². The Morgan fingerprint density at radius 3 is 2.69 bits per heavy atom. The number of benzene rings is 1. The van der Waals surface area contributed by atoms with Crippen molar-refractivity contribution in [3.05, 3.63) is 36.7 Å². The van der Waals surface area contributed by atoms with E-state index in [0.29, 0.717) is 5.92 Å². The molecule has 0 atom stereocenters. The molecule has 0 amide bonds. The average Bonchev–Trinajstić information content (AvgIpc) is 3.47. The summed E-state index contributed by atoms with van der Waals surface area (Å²) >= 11 is 0. The Balaban J connectivity index is 1.44. The Morgan fingerprint density at radius 1 is 1.00 bits per heavy atom. The monoisotopic (exact) mass is 429 g/mol. The van der Waals surface area contributed by atoms with Gasteiger partial charge in [-0.1, -0.05) is 12.1 Å². The maximum atomic E-state index is 5.10. The number of hydrogen-bond donors (Lipinski definition) is 1. The van der Waals surface area contributed by atoms with E-state index in [4.69, 9.17) is 15.1 Å². The van der Waals surface area contributed by atoms with Gasteiger partial charge in [0.15, 0.2) is 5.65 Å². The number of anilines is 1. The molecule has 5 heterocycles. The van der Waals surface area contributed by atoms with Gasteiger partial charge in [0.2, 0.25) is 5.95 Å². The molecule has 0 bridgehead atoms. The van der Waals surface area contributed by atoms with E-state index in [2.05, 4.69) is 50.8 Å². The first-order valence-electron chi connectivity index (χ1n) is 12.0. The molecule has 0 saturated carbocycles. The summed E-state index contributed by atoms with van der Waals surface area (Å²) in [4.78, 5) is 18.3. The highest BCUT2D eigenvalue weighted by Gasteiger charge is 2.22. The Bertz CT molecular complexity index is 1230. The number of piperidine rings is 2. The number of aromatic amines is 1. The third-order valence-corrected chi connectivity index (χ3v) is 7.22. The van der Waals surface area contributed by atoms with Crippen LogP contribution in [0, 0.1) is 5.92 Å². The smallest absolute Gasteiger partial charge is 0.227 e. The fourth-order valence-corrected chi connectivity index (χ4v) is 5.22. The Kier molecular flexibility index (Phi) is 5.06. The molecule has 7 heteroatoms. The number of likely N-dealkylation sites (tertiary alicyclic amines) is 1. The second-order valence-corrected chi connectivity index (χ2v) is 9.51. The van der Waals surface area contributed by atoms with E-state index in [1.807, 2.05) is 12.4 Å². The molecule has 0 radical (unpaired) electrons. The minimum Gasteiger partial charge on any atom is -0.361 e. The third kappa shape index (κ3) is 3.64. The van der Waals surface area contributed by atoms with Crippen molar-refractivity contribution >= 4 is 27.9 Å². The zero-order valence-electron chi connectivity index (χ0n) is 18.8. The van der Waals surface area contributed by atoms with Gasteiger partial charge in [-0.3, -0.25) is 0 Å². The van der Waals surface area contributed by atoms with Gasteiger partial charge in [-0.2, -0.15) is 10.1 Å². The lowest BCUT2D eigenvalue weighted by molar-refractivity contribution is 0.202. The first kappa shape index (κ1) is 19.7. The number of H-pyrrole nitrogens is 1. The van der Waals surface area contributed by atoms with Crippen LogP contribution in [0.25, 0.3) is 33.2 Å². The second kappa shape index (κ2) is 8.20. The van der Waals surface area contributed by atoms with Gasteiger partial charge in [0.05, 0.1) is 17.3 Å². The zero-order chi connectivity index (χ0) is 21.5. The van der Waals surface area contributed by atoms with E-state index >= 15 is 0 Å². The van der Waals surface area contributed by atoms with Gasteiger partial charge >= 0.3 is 0 Å². The van der Waals surface area contributed by atoms with Gasteiger partial charge in [-0.15, -0.1) is 0 Å². The van der Waals surface area contributed by atoms with Crippen LogP contribution >= 0.6 is 0 Å². The standard InChI is InChI=1S/C25H31N7/c1-30-13-8-18(9-14-30)17-32-24-21(16-27-32)23(20-6-5-19-7-10-26-22(19)15-20)28-25(29-24)31-11-3-2-4-12-31/h5-7,10,15-16,18,26H,2-4,8-9,11-14,17H2,1H3. The molecule has 1 aromatic carbocycles. The van der Waals surface area contributed by atoms with Crippen molar-refractivity contribution in [1.29, 1.82) is 0 Å². The summed E-state index contributed by atoms with van der Waals surface area (Å²) in [6.07, 6.45) is 10.1. The minimum atomic E-state index is 0.654. The van der Waals surface area contributed by atoms with Crippen LogP contribution in [0.2, 0.25) is 0 Å². The molecular weight excluding hydrogens is 398 g/mol. The normalized spacial score (nSPS) is 18.7. The van der Waals surface area contributed by atoms with Crippen LogP contribution in [-0.4, -0.2) is 62.9 Å². The summed E-state index contributed by atoms with van der Waals surface area (Å²) in [5, 5.41) is 7.07. The summed E-state index contributed by atoms with van der Waals surface area (Å²) < 4.78 is 2.14. The van der Waals surface area contributed by atoms with Crippen LogP contribution in [-0.2, 0) is 6.54 Å². The summed E-state index contributed by atoms with van der Waals surface area (Å²) in [5.74, 6) is 1.50. The molecule has 7 nitrogen and oxygen atoms in total. The lowest BCUT2D eigenvalue weighted by atomic mass is 9.97. The maximum absolute atomic E-state index is 5.10. The first-order valence-corrected chi connectivity index (χ1v) is 12.0. The Labute approximate surface area is 188 Å². The molecule has 4 aromatic rings. The fourth-order valence-electron chi connectivity index (χ4n) is 5.22. The molecule has 0 unspecified atom stereocenters. The highest BCUT2D eigenvalue weighted by molar-refractivity contribution is 5.94. The Morgan fingerprint density at radius 2 is 1.84 bits per heavy atom. The molecule has 0 aliphatic carbocycles.